The molecule has 5 heteroatoms. The molecule has 0 saturated heterocycles. The Hall–Kier alpha value is -0.430. The highest BCUT2D eigenvalue weighted by Gasteiger charge is 2.87. The molecule has 2 N–H and O–H groups in total. The fourth-order valence-corrected chi connectivity index (χ4v) is 13.8. The summed E-state index contributed by atoms with van der Waals surface area (Å²) in [6.45, 7) is 13.8. The Morgan fingerprint density at radius 1 is 0.943 bits per heavy atom. The number of carboxylic acid groups (broad SMARTS) is 1. The summed E-state index contributed by atoms with van der Waals surface area (Å²) >= 11 is 2.60. The van der Waals surface area contributed by atoms with Crippen molar-refractivity contribution in [2.24, 2.45) is 49.7 Å². The van der Waals surface area contributed by atoms with Gasteiger partial charge in [0.05, 0.1) is 11.5 Å². The summed E-state index contributed by atoms with van der Waals surface area (Å²) in [6.07, 6.45) is 10.1. The van der Waals surface area contributed by atoms with Crippen LogP contribution in [0.25, 0.3) is 0 Å². The van der Waals surface area contributed by atoms with E-state index in [4.69, 9.17) is 0 Å². The van der Waals surface area contributed by atoms with Crippen LogP contribution >= 0.6 is 22.6 Å². The van der Waals surface area contributed by atoms with Crippen molar-refractivity contribution in [1.82, 2.24) is 0 Å². The lowest BCUT2D eigenvalue weighted by Crippen LogP contribution is -2.65. The number of carbonyl (C=O) groups excluding carboxylic acids is 1. The quantitative estimate of drug-likeness (QED) is 0.266. The molecule has 35 heavy (non-hydrogen) atoms. The van der Waals surface area contributed by atoms with Crippen LogP contribution in [0.15, 0.2) is 11.6 Å². The van der Waals surface area contributed by atoms with Gasteiger partial charge in [0.1, 0.15) is 0 Å². The van der Waals surface area contributed by atoms with Gasteiger partial charge >= 0.3 is 5.97 Å². The van der Waals surface area contributed by atoms with Gasteiger partial charge in [-0.25, -0.2) is 0 Å². The topological polar surface area (TPSA) is 74.6 Å². The van der Waals surface area contributed by atoms with E-state index >= 15 is 0 Å². The fourth-order valence-electron chi connectivity index (χ4n) is 11.3. The number of carboxylic acids is 1. The monoisotopic (exact) mass is 594 g/mol. The zero-order valence-corrected chi connectivity index (χ0v) is 24.5. The number of aliphatic carboxylic acids is 1. The SMILES string of the molecule is C[C@]1(C(=O)O)CC[C@]2(C)CC[C@]3(C)C(=CC(=O)[C@@H]4[C@@]5(C)CC[C@H](O)[C@]6(C)C(I)[C@]65CC[C@]43C)[C@H]2C1. The Kier molecular flexibility index (Phi) is 4.81. The zero-order valence-electron chi connectivity index (χ0n) is 22.3. The van der Waals surface area contributed by atoms with E-state index in [1.807, 2.05) is 13.0 Å². The minimum Gasteiger partial charge on any atom is -0.481 e. The molecule has 4 nitrogen and oxygen atoms in total. The minimum absolute atomic E-state index is 0.0251. The minimum atomic E-state index is -0.712. The summed E-state index contributed by atoms with van der Waals surface area (Å²) in [4.78, 5) is 26.6. The normalized spacial score (nSPS) is 60.8. The van der Waals surface area contributed by atoms with E-state index in [-0.39, 0.29) is 50.4 Å². The van der Waals surface area contributed by atoms with Gasteiger partial charge in [-0.3, -0.25) is 9.59 Å². The van der Waals surface area contributed by atoms with Crippen LogP contribution in [0.1, 0.15) is 99.3 Å². The second-order valence-corrected chi connectivity index (χ2v) is 16.3. The molecular formula is C30H43IO4. The Morgan fingerprint density at radius 3 is 2.26 bits per heavy atom. The highest BCUT2D eigenvalue weighted by Crippen LogP contribution is 2.88. The van der Waals surface area contributed by atoms with Crippen molar-refractivity contribution in [2.45, 2.75) is 109 Å². The Morgan fingerprint density at radius 2 is 1.60 bits per heavy atom. The molecule has 6 rings (SSSR count). The Labute approximate surface area is 224 Å². The number of halogens is 1. The first-order chi connectivity index (χ1) is 16.1. The van der Waals surface area contributed by atoms with Crippen molar-refractivity contribution >= 4 is 34.3 Å². The van der Waals surface area contributed by atoms with Crippen LogP contribution in [0.3, 0.4) is 0 Å². The number of rotatable bonds is 1. The third-order valence-corrected chi connectivity index (χ3v) is 16.5. The summed E-state index contributed by atoms with van der Waals surface area (Å²) in [7, 11) is 0. The Balaban J connectivity index is 1.48. The van der Waals surface area contributed by atoms with Gasteiger partial charge in [0.25, 0.3) is 0 Å². The molecule has 6 aliphatic carbocycles. The van der Waals surface area contributed by atoms with Gasteiger partial charge in [-0.15, -0.1) is 0 Å². The van der Waals surface area contributed by atoms with Crippen LogP contribution in [0, 0.1) is 49.7 Å². The summed E-state index contributed by atoms with van der Waals surface area (Å²) in [5, 5.41) is 21.1. The average Bonchev–Trinajstić information content (AvgIpc) is 3.29. The maximum absolute atomic E-state index is 14.4. The number of hydrogen-bond donors (Lipinski definition) is 2. The van der Waals surface area contributed by atoms with E-state index < -0.39 is 11.4 Å². The number of hydrogen-bond acceptors (Lipinski definition) is 3. The third kappa shape index (κ3) is 2.46. The van der Waals surface area contributed by atoms with E-state index in [9.17, 15) is 19.8 Å². The number of fused-ring (bicyclic) bond motifs is 6. The largest absolute Gasteiger partial charge is 0.481 e. The summed E-state index contributed by atoms with van der Waals surface area (Å²) in [6, 6.07) is 0. The standard InChI is InChI=1S/C30H43IO4/c1-24-9-10-25(2,23(34)35)16-18(24)17-15-19(32)21-27(4,26(17,3)12-11-24)13-14-30-22(31)29(30,6)20(33)7-8-28(21,30)5/h15,18,20-22,33H,7-14,16H2,1-6H3,(H,34,35)/t18-,20+,21+,22?,24-,25+,26-,27-,28-,29-,30+/m1/s1. The lowest BCUT2D eigenvalue weighted by molar-refractivity contribution is -0.187. The first kappa shape index (κ1) is 24.9. The van der Waals surface area contributed by atoms with Gasteiger partial charge in [-0.1, -0.05) is 62.8 Å². The first-order valence-electron chi connectivity index (χ1n) is 13.9. The van der Waals surface area contributed by atoms with Crippen molar-refractivity contribution in [3.63, 3.8) is 0 Å². The molecule has 1 spiro atoms. The van der Waals surface area contributed by atoms with Gasteiger partial charge in [-0.05, 0) is 104 Å². The molecule has 0 bridgehead atoms. The first-order valence-corrected chi connectivity index (χ1v) is 15.1. The van der Waals surface area contributed by atoms with Crippen LogP contribution in [0.5, 0.6) is 0 Å². The second kappa shape index (κ2) is 6.76. The fraction of sp³-hybridized carbons (Fsp3) is 0.867. The van der Waals surface area contributed by atoms with E-state index in [2.05, 4.69) is 57.2 Å². The van der Waals surface area contributed by atoms with Gasteiger partial charge < -0.3 is 10.2 Å². The summed E-state index contributed by atoms with van der Waals surface area (Å²) in [5.74, 6) is -0.253. The molecular weight excluding hydrogens is 551 g/mol. The molecule has 0 aromatic heterocycles. The third-order valence-electron chi connectivity index (χ3n) is 14.1. The van der Waals surface area contributed by atoms with Gasteiger partial charge in [0.2, 0.25) is 0 Å². The number of carbonyl (C=O) groups is 2. The molecule has 0 aromatic rings. The van der Waals surface area contributed by atoms with Gasteiger partial charge in [-0.2, -0.15) is 0 Å². The highest BCUT2D eigenvalue weighted by atomic mass is 127. The second-order valence-electron chi connectivity index (χ2n) is 15.0. The molecule has 5 saturated carbocycles. The van der Waals surface area contributed by atoms with Crippen molar-refractivity contribution in [1.29, 1.82) is 0 Å². The smallest absolute Gasteiger partial charge is 0.309 e. The number of allylic oxidation sites excluding steroid dienone is 2. The van der Waals surface area contributed by atoms with Crippen LogP contribution < -0.4 is 0 Å². The van der Waals surface area contributed by atoms with Gasteiger partial charge in [0.15, 0.2) is 5.78 Å². The predicted octanol–water partition coefficient (Wildman–Crippen LogP) is 6.58. The summed E-state index contributed by atoms with van der Waals surface area (Å²) in [5.41, 5.74) is 0.276. The molecule has 5 fully saturated rings. The maximum Gasteiger partial charge on any atom is 0.309 e. The maximum atomic E-state index is 14.4. The van der Waals surface area contributed by atoms with Gasteiger partial charge in [0, 0.05) is 15.3 Å². The van der Waals surface area contributed by atoms with E-state index in [1.54, 1.807) is 0 Å². The van der Waals surface area contributed by atoms with Crippen LogP contribution in [0.2, 0.25) is 0 Å². The van der Waals surface area contributed by atoms with E-state index in [1.165, 1.54) is 5.57 Å². The average molecular weight is 595 g/mol. The molecule has 194 valence electrons. The number of alkyl halides is 1. The van der Waals surface area contributed by atoms with Crippen molar-refractivity contribution in [3.8, 4) is 0 Å². The van der Waals surface area contributed by atoms with Crippen LogP contribution in [-0.2, 0) is 9.59 Å². The number of aliphatic hydroxyl groups is 1. The molecule has 11 atom stereocenters. The molecule has 0 aliphatic heterocycles. The molecule has 0 aromatic carbocycles. The number of aliphatic hydroxyl groups excluding tert-OH is 1. The predicted molar refractivity (Wildman–Crippen MR) is 144 cm³/mol. The van der Waals surface area contributed by atoms with Crippen molar-refractivity contribution < 1.29 is 19.8 Å². The lowest BCUT2D eigenvalue weighted by Gasteiger charge is -2.69. The number of ketones is 1. The van der Waals surface area contributed by atoms with Crippen molar-refractivity contribution in [3.05, 3.63) is 11.6 Å². The molecule has 1 unspecified atom stereocenters. The van der Waals surface area contributed by atoms with Crippen molar-refractivity contribution in [2.75, 3.05) is 0 Å². The molecule has 6 aliphatic rings. The highest BCUT2D eigenvalue weighted by molar-refractivity contribution is 14.1. The van der Waals surface area contributed by atoms with Crippen LogP contribution in [-0.4, -0.2) is 32.0 Å². The summed E-state index contributed by atoms with van der Waals surface area (Å²) < 4.78 is 0.412. The van der Waals surface area contributed by atoms with E-state index in [0.29, 0.717) is 16.1 Å². The molecule has 0 radical (unpaired) electrons. The van der Waals surface area contributed by atoms with E-state index in [0.717, 1.165) is 51.4 Å². The zero-order chi connectivity index (χ0) is 25.6. The lowest BCUT2D eigenvalue weighted by atomic mass is 9.34. The molecule has 0 amide bonds. The Bertz CT molecular complexity index is 1070. The molecule has 0 heterocycles. The van der Waals surface area contributed by atoms with Crippen LogP contribution in [0.4, 0.5) is 0 Å².